The molecule has 1 aliphatic carbocycles. The first-order chi connectivity index (χ1) is 14.0. The topological polar surface area (TPSA) is 58.8 Å². The van der Waals surface area contributed by atoms with Crippen molar-refractivity contribution in [1.29, 1.82) is 0 Å². The Morgan fingerprint density at radius 2 is 1.90 bits per heavy atom. The van der Waals surface area contributed by atoms with Gasteiger partial charge >= 0.3 is 0 Å². The number of piperazine rings is 1. The maximum absolute atomic E-state index is 12.7. The lowest BCUT2D eigenvalue weighted by molar-refractivity contribution is -0.138. The van der Waals surface area contributed by atoms with E-state index in [2.05, 4.69) is 15.9 Å². The Kier molecular flexibility index (Phi) is 5.63. The molecule has 0 spiro atoms. The maximum Gasteiger partial charge on any atom is 0.237 e. The Morgan fingerprint density at radius 1 is 1.14 bits per heavy atom. The predicted octanol–water partition coefficient (Wildman–Crippen LogP) is 3.86. The molecule has 1 saturated heterocycles. The number of methoxy groups -OCH3 is 1. The smallest absolute Gasteiger partial charge is 0.237 e. The Bertz CT molecular complexity index is 899. The molecule has 4 rings (SSSR count). The summed E-state index contributed by atoms with van der Waals surface area (Å²) in [5, 5.41) is 0. The zero-order valence-electron chi connectivity index (χ0n) is 18.0. The molecule has 0 atom stereocenters. The van der Waals surface area contributed by atoms with Gasteiger partial charge in [-0.2, -0.15) is 0 Å². The van der Waals surface area contributed by atoms with Gasteiger partial charge in [-0.15, -0.1) is 0 Å². The van der Waals surface area contributed by atoms with E-state index in [1.54, 1.807) is 7.11 Å². The van der Waals surface area contributed by atoms with Crippen molar-refractivity contribution in [2.75, 3.05) is 26.7 Å². The fourth-order valence-electron chi connectivity index (χ4n) is 4.61. The van der Waals surface area contributed by atoms with Gasteiger partial charge in [-0.05, 0) is 56.9 Å². The van der Waals surface area contributed by atoms with Crippen LogP contribution in [0, 0.1) is 20.8 Å². The Morgan fingerprint density at radius 3 is 2.59 bits per heavy atom. The summed E-state index contributed by atoms with van der Waals surface area (Å²) in [6.45, 7) is 8.85. The van der Waals surface area contributed by atoms with Crippen LogP contribution in [0.3, 0.4) is 0 Å². The number of amides is 1. The number of hydrogen-bond donors (Lipinski definition) is 0. The lowest BCUT2D eigenvalue weighted by Crippen LogP contribution is -2.53. The van der Waals surface area contributed by atoms with Crippen molar-refractivity contribution < 1.29 is 13.9 Å². The van der Waals surface area contributed by atoms with Crippen molar-refractivity contribution >= 4 is 5.91 Å². The van der Waals surface area contributed by atoms with Crippen LogP contribution in [-0.4, -0.2) is 53.5 Å². The number of nitrogens with zero attached hydrogens (tertiary/aromatic N) is 3. The summed E-state index contributed by atoms with van der Waals surface area (Å²) < 4.78 is 11.4. The standard InChI is InChI=1S/C23H31N3O3/c1-15-12-21(28-4)16(2)11-19(15)23-24-20(17(3)29-23)13-25-9-10-26(22(27)14-25)18-7-5-6-8-18/h11-12,18H,5-10,13-14H2,1-4H3. The number of oxazole rings is 1. The molecule has 6 heteroatoms. The number of rotatable bonds is 5. The van der Waals surface area contributed by atoms with E-state index in [-0.39, 0.29) is 5.91 Å². The molecular formula is C23H31N3O3. The van der Waals surface area contributed by atoms with Crippen LogP contribution >= 0.6 is 0 Å². The molecule has 0 N–H and O–H groups in total. The number of hydrogen-bond acceptors (Lipinski definition) is 5. The number of ether oxygens (including phenoxy) is 1. The molecule has 2 heterocycles. The lowest BCUT2D eigenvalue weighted by atomic mass is 10.0. The van der Waals surface area contributed by atoms with Gasteiger partial charge in [0.2, 0.25) is 11.8 Å². The van der Waals surface area contributed by atoms with E-state index < -0.39 is 0 Å². The third-order valence-corrected chi connectivity index (χ3v) is 6.34. The molecule has 2 aromatic rings. The first-order valence-corrected chi connectivity index (χ1v) is 10.6. The number of benzene rings is 1. The highest BCUT2D eigenvalue weighted by molar-refractivity contribution is 5.79. The minimum absolute atomic E-state index is 0.256. The third-order valence-electron chi connectivity index (χ3n) is 6.34. The van der Waals surface area contributed by atoms with Crippen LogP contribution in [0.25, 0.3) is 11.5 Å². The normalized spacial score (nSPS) is 18.6. The van der Waals surface area contributed by atoms with E-state index in [9.17, 15) is 4.79 Å². The fraction of sp³-hybridized carbons (Fsp3) is 0.565. The van der Waals surface area contributed by atoms with Crippen molar-refractivity contribution in [3.63, 3.8) is 0 Å². The predicted molar refractivity (Wildman–Crippen MR) is 112 cm³/mol. The average Bonchev–Trinajstić information content (AvgIpc) is 3.34. The summed E-state index contributed by atoms with van der Waals surface area (Å²) in [5.41, 5.74) is 4.02. The summed E-state index contributed by atoms with van der Waals surface area (Å²) in [6, 6.07) is 4.55. The van der Waals surface area contributed by atoms with Gasteiger partial charge in [-0.3, -0.25) is 9.69 Å². The molecule has 1 aliphatic heterocycles. The second-order valence-corrected chi connectivity index (χ2v) is 8.39. The quantitative estimate of drug-likeness (QED) is 0.767. The molecule has 0 radical (unpaired) electrons. The molecule has 1 amide bonds. The number of carbonyl (C=O) groups is 1. The highest BCUT2D eigenvalue weighted by Gasteiger charge is 2.31. The van der Waals surface area contributed by atoms with E-state index in [4.69, 9.17) is 14.1 Å². The van der Waals surface area contributed by atoms with Crippen molar-refractivity contribution in [2.24, 2.45) is 0 Å². The highest BCUT2D eigenvalue weighted by atomic mass is 16.5. The molecule has 1 saturated carbocycles. The van der Waals surface area contributed by atoms with Crippen LogP contribution in [0.5, 0.6) is 5.75 Å². The molecule has 1 aromatic heterocycles. The van der Waals surface area contributed by atoms with E-state index in [0.29, 0.717) is 25.0 Å². The van der Waals surface area contributed by atoms with Crippen molar-refractivity contribution in [3.05, 3.63) is 34.7 Å². The molecule has 156 valence electrons. The number of aryl methyl sites for hydroxylation is 3. The van der Waals surface area contributed by atoms with Gasteiger partial charge in [0.15, 0.2) is 0 Å². The molecule has 0 unspecified atom stereocenters. The molecule has 2 fully saturated rings. The van der Waals surface area contributed by atoms with Crippen LogP contribution < -0.4 is 4.74 Å². The minimum atomic E-state index is 0.256. The molecule has 6 nitrogen and oxygen atoms in total. The monoisotopic (exact) mass is 397 g/mol. The van der Waals surface area contributed by atoms with Gasteiger partial charge in [-0.25, -0.2) is 4.98 Å². The van der Waals surface area contributed by atoms with E-state index in [0.717, 1.165) is 59.8 Å². The summed E-state index contributed by atoms with van der Waals surface area (Å²) in [7, 11) is 1.68. The summed E-state index contributed by atoms with van der Waals surface area (Å²) in [5.74, 6) is 2.58. The molecule has 2 aliphatic rings. The van der Waals surface area contributed by atoms with Crippen molar-refractivity contribution in [2.45, 2.75) is 59.0 Å². The fourth-order valence-corrected chi connectivity index (χ4v) is 4.61. The van der Waals surface area contributed by atoms with Crippen LogP contribution in [0.15, 0.2) is 16.5 Å². The minimum Gasteiger partial charge on any atom is -0.496 e. The average molecular weight is 398 g/mol. The van der Waals surface area contributed by atoms with Gasteiger partial charge < -0.3 is 14.1 Å². The Labute approximate surface area is 172 Å². The van der Waals surface area contributed by atoms with Crippen LogP contribution in [-0.2, 0) is 11.3 Å². The summed E-state index contributed by atoms with van der Waals surface area (Å²) in [6.07, 6.45) is 4.84. The van der Waals surface area contributed by atoms with E-state index >= 15 is 0 Å². The van der Waals surface area contributed by atoms with Gasteiger partial charge in [-0.1, -0.05) is 12.8 Å². The van der Waals surface area contributed by atoms with Gasteiger partial charge in [0.05, 0.1) is 19.3 Å². The highest BCUT2D eigenvalue weighted by Crippen LogP contribution is 2.31. The zero-order chi connectivity index (χ0) is 20.5. The Hall–Kier alpha value is -2.34. The van der Waals surface area contributed by atoms with E-state index in [1.165, 1.54) is 12.8 Å². The largest absolute Gasteiger partial charge is 0.496 e. The number of carbonyl (C=O) groups excluding carboxylic acids is 1. The van der Waals surface area contributed by atoms with Gasteiger partial charge in [0, 0.05) is 31.2 Å². The first kappa shape index (κ1) is 20.0. The number of aromatic nitrogens is 1. The van der Waals surface area contributed by atoms with Gasteiger partial charge in [0.1, 0.15) is 11.5 Å². The van der Waals surface area contributed by atoms with Gasteiger partial charge in [0.25, 0.3) is 0 Å². The maximum atomic E-state index is 12.7. The van der Waals surface area contributed by atoms with E-state index in [1.807, 2.05) is 26.8 Å². The SMILES string of the molecule is COc1cc(C)c(-c2nc(CN3CCN(C4CCCC4)C(=O)C3)c(C)o2)cc1C. The Balaban J connectivity index is 1.47. The molecule has 1 aromatic carbocycles. The van der Waals surface area contributed by atoms with Crippen molar-refractivity contribution in [1.82, 2.24) is 14.8 Å². The summed E-state index contributed by atoms with van der Waals surface area (Å²) >= 11 is 0. The van der Waals surface area contributed by atoms with Crippen LogP contribution in [0.1, 0.15) is 48.3 Å². The second-order valence-electron chi connectivity index (χ2n) is 8.39. The molecule has 0 bridgehead atoms. The van der Waals surface area contributed by atoms with Crippen LogP contribution in [0.4, 0.5) is 0 Å². The van der Waals surface area contributed by atoms with Crippen molar-refractivity contribution in [3.8, 4) is 17.2 Å². The second kappa shape index (κ2) is 8.19. The summed E-state index contributed by atoms with van der Waals surface area (Å²) in [4.78, 5) is 21.7. The molecular weight excluding hydrogens is 366 g/mol. The first-order valence-electron chi connectivity index (χ1n) is 10.6. The zero-order valence-corrected chi connectivity index (χ0v) is 18.0. The molecule has 29 heavy (non-hydrogen) atoms. The third kappa shape index (κ3) is 4.04. The van der Waals surface area contributed by atoms with Crippen LogP contribution in [0.2, 0.25) is 0 Å². The lowest BCUT2D eigenvalue weighted by Gasteiger charge is -2.37.